The van der Waals surface area contributed by atoms with Crippen molar-refractivity contribution < 1.29 is 13.2 Å². The van der Waals surface area contributed by atoms with Crippen LogP contribution in [0.5, 0.6) is 0 Å². The van der Waals surface area contributed by atoms with E-state index in [2.05, 4.69) is 5.38 Å². The quantitative estimate of drug-likeness (QED) is 0.792. The summed E-state index contributed by atoms with van der Waals surface area (Å²) in [4.78, 5) is 17.7. The van der Waals surface area contributed by atoms with E-state index in [1.807, 2.05) is 19.0 Å². The van der Waals surface area contributed by atoms with Crippen molar-refractivity contribution in [1.29, 1.82) is 0 Å². The summed E-state index contributed by atoms with van der Waals surface area (Å²) in [5.74, 6) is 0.321. The van der Waals surface area contributed by atoms with Crippen LogP contribution >= 0.6 is 11.3 Å². The molecule has 2 fully saturated rings. The lowest BCUT2D eigenvalue weighted by Crippen LogP contribution is -2.38. The molecule has 1 aliphatic carbocycles. The third-order valence-corrected chi connectivity index (χ3v) is 9.20. The number of carbonyl (C=O) groups is 1. The molecule has 3 heterocycles. The van der Waals surface area contributed by atoms with Crippen LogP contribution in [0.4, 0.5) is 0 Å². The van der Waals surface area contributed by atoms with Gasteiger partial charge in [-0.15, -0.1) is 11.3 Å². The summed E-state index contributed by atoms with van der Waals surface area (Å²) in [5, 5.41) is 1.74. The zero-order chi connectivity index (χ0) is 17.1. The molecule has 2 aliphatic heterocycles. The summed E-state index contributed by atoms with van der Waals surface area (Å²) in [6.07, 6.45) is 4.40. The topological polar surface area (TPSA) is 57.7 Å². The van der Waals surface area contributed by atoms with E-state index in [4.69, 9.17) is 0 Å². The van der Waals surface area contributed by atoms with E-state index in [1.165, 1.54) is 17.5 Å². The minimum atomic E-state index is -3.10. The molecule has 1 amide bonds. The fourth-order valence-electron chi connectivity index (χ4n) is 4.57. The summed E-state index contributed by atoms with van der Waals surface area (Å²) < 4.78 is 25.0. The van der Waals surface area contributed by atoms with Crippen LogP contribution in [0.25, 0.3) is 0 Å². The molecule has 7 heteroatoms. The zero-order valence-corrected chi connectivity index (χ0v) is 15.8. The van der Waals surface area contributed by atoms with Gasteiger partial charge in [-0.25, -0.2) is 8.42 Å². The van der Waals surface area contributed by atoms with Crippen LogP contribution in [0.15, 0.2) is 5.38 Å². The molecule has 2 saturated heterocycles. The molecule has 3 aliphatic rings. The van der Waals surface area contributed by atoms with Gasteiger partial charge < -0.3 is 9.80 Å². The number of nitrogens with zero attached hydrogens (tertiary/aromatic N) is 2. The second-order valence-corrected chi connectivity index (χ2v) is 10.7. The molecule has 0 saturated carbocycles. The van der Waals surface area contributed by atoms with Crippen LogP contribution < -0.4 is 0 Å². The maximum absolute atomic E-state index is 13.0. The Hall–Kier alpha value is -0.920. The maximum Gasteiger partial charge on any atom is 0.264 e. The lowest BCUT2D eigenvalue weighted by atomic mass is 9.93. The normalized spacial score (nSPS) is 31.3. The third-order valence-electron chi connectivity index (χ3n) is 5.92. The molecule has 132 valence electrons. The second kappa shape index (κ2) is 5.81. The SMILES string of the molecule is CN(C)[C@@H]1CS(=O)(=O)[C@H]2CN(C(=O)c3scc4c3CCCC4)C[C@@H]12. The van der Waals surface area contributed by atoms with Crippen LogP contribution in [0.3, 0.4) is 0 Å². The van der Waals surface area contributed by atoms with Gasteiger partial charge in [0.15, 0.2) is 9.84 Å². The standard InChI is InChI=1S/C17H24N2O3S2/c1-18(2)14-10-24(21,22)15-8-19(7-13(14)15)17(20)16-12-6-4-3-5-11(12)9-23-16/h9,13-15H,3-8,10H2,1-2H3/t13-,14+,15-/m0/s1. The van der Waals surface area contributed by atoms with Crippen molar-refractivity contribution in [1.82, 2.24) is 9.80 Å². The Morgan fingerprint density at radius 1 is 1.25 bits per heavy atom. The molecule has 0 N–H and O–H groups in total. The van der Waals surface area contributed by atoms with Gasteiger partial charge >= 0.3 is 0 Å². The third kappa shape index (κ3) is 2.52. The average Bonchev–Trinajstić information content (AvgIpc) is 3.21. The van der Waals surface area contributed by atoms with Crippen molar-refractivity contribution in [3.8, 4) is 0 Å². The molecule has 0 spiro atoms. The van der Waals surface area contributed by atoms with Gasteiger partial charge in [0.1, 0.15) is 0 Å². The molecule has 1 aromatic heterocycles. The van der Waals surface area contributed by atoms with Crippen LogP contribution in [0.1, 0.15) is 33.6 Å². The monoisotopic (exact) mass is 368 g/mol. The van der Waals surface area contributed by atoms with Crippen molar-refractivity contribution >= 4 is 27.1 Å². The van der Waals surface area contributed by atoms with E-state index in [1.54, 1.807) is 16.2 Å². The number of amides is 1. The van der Waals surface area contributed by atoms with Crippen molar-refractivity contribution in [2.45, 2.75) is 37.0 Å². The van der Waals surface area contributed by atoms with E-state index in [-0.39, 0.29) is 28.9 Å². The molecule has 0 unspecified atom stereocenters. The first-order valence-corrected chi connectivity index (χ1v) is 11.2. The molecule has 0 bridgehead atoms. The highest BCUT2D eigenvalue weighted by Gasteiger charge is 2.53. The van der Waals surface area contributed by atoms with Crippen LogP contribution in [-0.4, -0.2) is 68.4 Å². The van der Waals surface area contributed by atoms with E-state index in [0.717, 1.165) is 24.1 Å². The molecule has 0 radical (unpaired) electrons. The Morgan fingerprint density at radius 3 is 2.75 bits per heavy atom. The summed E-state index contributed by atoms with van der Waals surface area (Å²) in [6, 6.07) is 0.0232. The number of fused-ring (bicyclic) bond motifs is 2. The van der Waals surface area contributed by atoms with Gasteiger partial charge in [0.2, 0.25) is 0 Å². The number of thiophene rings is 1. The first-order valence-electron chi connectivity index (χ1n) is 8.65. The van der Waals surface area contributed by atoms with E-state index in [0.29, 0.717) is 13.1 Å². The second-order valence-electron chi connectivity index (χ2n) is 7.55. The van der Waals surface area contributed by atoms with Gasteiger partial charge in [0, 0.05) is 25.0 Å². The highest BCUT2D eigenvalue weighted by Crippen LogP contribution is 2.38. The first-order chi connectivity index (χ1) is 11.4. The fourth-order valence-corrected chi connectivity index (χ4v) is 8.18. The summed E-state index contributed by atoms with van der Waals surface area (Å²) in [5.41, 5.74) is 2.55. The number of sulfone groups is 1. The number of hydrogen-bond acceptors (Lipinski definition) is 5. The van der Waals surface area contributed by atoms with Gasteiger partial charge in [-0.1, -0.05) is 0 Å². The summed E-state index contributed by atoms with van der Waals surface area (Å²) >= 11 is 1.54. The predicted octanol–water partition coefficient (Wildman–Crippen LogP) is 1.43. The molecule has 4 rings (SSSR count). The van der Waals surface area contributed by atoms with Gasteiger partial charge in [0.05, 0.1) is 15.9 Å². The number of hydrogen-bond donors (Lipinski definition) is 0. The Labute approximate surface area is 147 Å². The van der Waals surface area contributed by atoms with Crippen LogP contribution in [-0.2, 0) is 22.7 Å². The minimum absolute atomic E-state index is 0.0232. The Morgan fingerprint density at radius 2 is 2.00 bits per heavy atom. The number of carbonyl (C=O) groups excluding carboxylic acids is 1. The minimum Gasteiger partial charge on any atom is -0.336 e. The lowest BCUT2D eigenvalue weighted by molar-refractivity contribution is 0.0783. The fraction of sp³-hybridized carbons (Fsp3) is 0.706. The summed E-state index contributed by atoms with van der Waals surface area (Å²) in [6.45, 7) is 0.932. The van der Waals surface area contributed by atoms with Crippen LogP contribution in [0.2, 0.25) is 0 Å². The van der Waals surface area contributed by atoms with E-state index in [9.17, 15) is 13.2 Å². The molecule has 1 aromatic rings. The summed E-state index contributed by atoms with van der Waals surface area (Å²) in [7, 11) is 0.764. The molecular weight excluding hydrogens is 344 g/mol. The smallest absolute Gasteiger partial charge is 0.264 e. The molecule has 3 atom stereocenters. The van der Waals surface area contributed by atoms with E-state index >= 15 is 0 Å². The predicted molar refractivity (Wildman–Crippen MR) is 95.4 cm³/mol. The molecule has 24 heavy (non-hydrogen) atoms. The Balaban J connectivity index is 1.59. The van der Waals surface area contributed by atoms with Gasteiger partial charge in [-0.3, -0.25) is 4.79 Å². The average molecular weight is 369 g/mol. The van der Waals surface area contributed by atoms with Crippen molar-refractivity contribution in [3.63, 3.8) is 0 Å². The van der Waals surface area contributed by atoms with Crippen molar-refractivity contribution in [3.05, 3.63) is 21.4 Å². The van der Waals surface area contributed by atoms with Crippen molar-refractivity contribution in [2.75, 3.05) is 32.9 Å². The zero-order valence-electron chi connectivity index (χ0n) is 14.2. The maximum atomic E-state index is 13.0. The first kappa shape index (κ1) is 16.5. The molecule has 0 aromatic carbocycles. The van der Waals surface area contributed by atoms with Gasteiger partial charge in [-0.05, 0) is 56.3 Å². The Kier molecular flexibility index (Phi) is 4.01. The number of aryl methyl sites for hydroxylation is 1. The van der Waals surface area contributed by atoms with E-state index < -0.39 is 9.84 Å². The largest absolute Gasteiger partial charge is 0.336 e. The highest BCUT2D eigenvalue weighted by atomic mass is 32.2. The van der Waals surface area contributed by atoms with Crippen LogP contribution in [0, 0.1) is 5.92 Å². The number of rotatable bonds is 2. The molecular formula is C17H24N2O3S2. The van der Waals surface area contributed by atoms with Crippen molar-refractivity contribution in [2.24, 2.45) is 5.92 Å². The molecule has 5 nitrogen and oxygen atoms in total. The number of likely N-dealkylation sites (tertiary alicyclic amines) is 1. The van der Waals surface area contributed by atoms with Gasteiger partial charge in [0.25, 0.3) is 5.91 Å². The lowest BCUT2D eigenvalue weighted by Gasteiger charge is -2.25. The van der Waals surface area contributed by atoms with Gasteiger partial charge in [-0.2, -0.15) is 0 Å². The highest BCUT2D eigenvalue weighted by molar-refractivity contribution is 7.92. The Bertz CT molecular complexity index is 769.